The van der Waals surface area contributed by atoms with Crippen molar-refractivity contribution in [3.05, 3.63) is 0 Å². The first-order valence-electron chi connectivity index (χ1n) is 11.5. The number of carbonyl (C=O) groups is 1. The first-order chi connectivity index (χ1) is 13.2. The van der Waals surface area contributed by atoms with E-state index in [1.54, 1.807) is 0 Å². The molecule has 4 saturated carbocycles. The third-order valence-corrected chi connectivity index (χ3v) is 7.89. The molecule has 4 aliphatic carbocycles. The van der Waals surface area contributed by atoms with Crippen molar-refractivity contribution < 1.29 is 9.90 Å². The number of urea groups is 1. The van der Waals surface area contributed by atoms with E-state index in [1.807, 2.05) is 4.90 Å². The van der Waals surface area contributed by atoms with E-state index in [0.29, 0.717) is 12.0 Å². The second-order valence-electron chi connectivity index (χ2n) is 10.0. The number of rotatable bonds is 8. The van der Waals surface area contributed by atoms with Crippen LogP contribution in [0.25, 0.3) is 0 Å². The molecular weight excluding hydrogens is 338 g/mol. The van der Waals surface area contributed by atoms with Crippen molar-refractivity contribution in [2.75, 3.05) is 45.9 Å². The van der Waals surface area contributed by atoms with E-state index in [4.69, 9.17) is 0 Å². The van der Waals surface area contributed by atoms with Gasteiger partial charge in [-0.25, -0.2) is 4.79 Å². The van der Waals surface area contributed by atoms with Gasteiger partial charge in [-0.15, -0.1) is 0 Å². The van der Waals surface area contributed by atoms with Crippen LogP contribution in [0.15, 0.2) is 0 Å². The van der Waals surface area contributed by atoms with Crippen molar-refractivity contribution in [2.24, 2.45) is 23.2 Å². The molecule has 0 unspecified atom stereocenters. The van der Waals surface area contributed by atoms with Crippen molar-refractivity contribution in [1.82, 2.24) is 15.1 Å². The number of hydrogen-bond acceptors (Lipinski definition) is 3. The van der Waals surface area contributed by atoms with Gasteiger partial charge in [-0.2, -0.15) is 0 Å². The van der Waals surface area contributed by atoms with Crippen LogP contribution >= 0.6 is 0 Å². The van der Waals surface area contributed by atoms with Crippen LogP contribution in [0.3, 0.4) is 0 Å². The Morgan fingerprint density at radius 2 is 1.63 bits per heavy atom. The molecule has 0 atom stereocenters. The minimum absolute atomic E-state index is 0.0192. The highest BCUT2D eigenvalue weighted by Crippen LogP contribution is 2.61. The molecule has 0 spiro atoms. The van der Waals surface area contributed by atoms with E-state index in [-0.39, 0.29) is 12.6 Å². The predicted octanol–water partition coefficient (Wildman–Crippen LogP) is 3.08. The van der Waals surface area contributed by atoms with Crippen LogP contribution in [0.5, 0.6) is 0 Å². The molecule has 1 saturated heterocycles. The largest absolute Gasteiger partial charge is 0.395 e. The Morgan fingerprint density at radius 3 is 2.22 bits per heavy atom. The molecule has 5 nitrogen and oxygen atoms in total. The SMILES string of the molecule is O=C(NCCN1CCCCC1)N(CCO)CCC12CC3CC(CC(C3)C1)C2. The molecule has 2 N–H and O–H groups in total. The van der Waals surface area contributed by atoms with Gasteiger partial charge >= 0.3 is 6.03 Å². The molecule has 5 aliphatic rings. The van der Waals surface area contributed by atoms with Gasteiger partial charge in [0.1, 0.15) is 0 Å². The average Bonchev–Trinajstić information content (AvgIpc) is 2.65. The number of aliphatic hydroxyl groups excluding tert-OH is 1. The zero-order valence-electron chi connectivity index (χ0n) is 17.0. The Bertz CT molecular complexity index is 469. The maximum Gasteiger partial charge on any atom is 0.317 e. The first kappa shape index (κ1) is 19.5. The summed E-state index contributed by atoms with van der Waals surface area (Å²) >= 11 is 0. The highest BCUT2D eigenvalue weighted by Gasteiger charge is 2.50. The van der Waals surface area contributed by atoms with Gasteiger partial charge in [0.05, 0.1) is 6.61 Å². The Labute approximate surface area is 164 Å². The number of aliphatic hydroxyl groups is 1. The van der Waals surface area contributed by atoms with Crippen LogP contribution in [0.2, 0.25) is 0 Å². The summed E-state index contributed by atoms with van der Waals surface area (Å²) in [7, 11) is 0. The fourth-order valence-electron chi connectivity index (χ4n) is 7.02. The lowest BCUT2D eigenvalue weighted by molar-refractivity contribution is -0.0598. The molecular formula is C22H39N3O2. The van der Waals surface area contributed by atoms with E-state index < -0.39 is 0 Å². The van der Waals surface area contributed by atoms with Crippen molar-refractivity contribution in [3.63, 3.8) is 0 Å². The minimum atomic E-state index is 0.0192. The number of hydrogen-bond donors (Lipinski definition) is 2. The van der Waals surface area contributed by atoms with Crippen molar-refractivity contribution in [3.8, 4) is 0 Å². The quantitative estimate of drug-likeness (QED) is 0.683. The molecule has 4 bridgehead atoms. The van der Waals surface area contributed by atoms with E-state index >= 15 is 0 Å². The van der Waals surface area contributed by atoms with Gasteiger partial charge in [-0.05, 0) is 94.0 Å². The minimum Gasteiger partial charge on any atom is -0.395 e. The van der Waals surface area contributed by atoms with Gasteiger partial charge in [0, 0.05) is 26.2 Å². The van der Waals surface area contributed by atoms with Gasteiger partial charge in [0.15, 0.2) is 0 Å². The summed E-state index contributed by atoms with van der Waals surface area (Å²) < 4.78 is 0. The average molecular weight is 378 g/mol. The number of nitrogens with zero attached hydrogens (tertiary/aromatic N) is 2. The van der Waals surface area contributed by atoms with E-state index in [9.17, 15) is 9.90 Å². The Hall–Kier alpha value is -0.810. The first-order valence-corrected chi connectivity index (χ1v) is 11.5. The van der Waals surface area contributed by atoms with Gasteiger partial charge in [-0.1, -0.05) is 6.42 Å². The van der Waals surface area contributed by atoms with Crippen LogP contribution in [-0.2, 0) is 0 Å². The highest BCUT2D eigenvalue weighted by atomic mass is 16.3. The van der Waals surface area contributed by atoms with Gasteiger partial charge in [0.25, 0.3) is 0 Å². The standard InChI is InChI=1S/C22H39N3O2/c26-11-10-25(21(27)23-5-9-24-6-2-1-3-7-24)8-4-22-15-18-12-19(16-22)14-20(13-18)17-22/h18-20,26H,1-17H2,(H,23,27). The van der Waals surface area contributed by atoms with Crippen LogP contribution in [0, 0.1) is 23.2 Å². The number of likely N-dealkylation sites (tertiary alicyclic amines) is 1. The molecule has 154 valence electrons. The molecule has 2 amide bonds. The lowest BCUT2D eigenvalue weighted by Crippen LogP contribution is -2.49. The highest BCUT2D eigenvalue weighted by molar-refractivity contribution is 5.74. The molecule has 1 heterocycles. The van der Waals surface area contributed by atoms with Crippen LogP contribution in [-0.4, -0.2) is 66.8 Å². The lowest BCUT2D eigenvalue weighted by Gasteiger charge is -2.57. The smallest absolute Gasteiger partial charge is 0.317 e. The lowest BCUT2D eigenvalue weighted by atomic mass is 9.49. The molecule has 1 aliphatic heterocycles. The second-order valence-corrected chi connectivity index (χ2v) is 10.0. The van der Waals surface area contributed by atoms with Crippen molar-refractivity contribution in [1.29, 1.82) is 0 Å². The zero-order valence-corrected chi connectivity index (χ0v) is 17.0. The van der Waals surface area contributed by atoms with Gasteiger partial charge in [0.2, 0.25) is 0 Å². The fraction of sp³-hybridized carbons (Fsp3) is 0.955. The summed E-state index contributed by atoms with van der Waals surface area (Å²) in [5, 5.41) is 12.6. The number of carbonyl (C=O) groups excluding carboxylic acids is 1. The molecule has 0 aromatic heterocycles. The third kappa shape index (κ3) is 4.79. The fourth-order valence-corrected chi connectivity index (χ4v) is 7.02. The maximum atomic E-state index is 12.7. The topological polar surface area (TPSA) is 55.8 Å². The number of amides is 2. The predicted molar refractivity (Wildman–Crippen MR) is 108 cm³/mol. The maximum absolute atomic E-state index is 12.7. The Balaban J connectivity index is 1.24. The Morgan fingerprint density at radius 1 is 1.00 bits per heavy atom. The van der Waals surface area contributed by atoms with E-state index in [1.165, 1.54) is 70.9 Å². The van der Waals surface area contributed by atoms with Crippen LogP contribution < -0.4 is 5.32 Å². The van der Waals surface area contributed by atoms with Crippen molar-refractivity contribution >= 4 is 6.03 Å². The molecule has 5 heteroatoms. The monoisotopic (exact) mass is 377 g/mol. The summed E-state index contributed by atoms with van der Waals surface area (Å²) in [6.07, 6.45) is 13.6. The van der Waals surface area contributed by atoms with Crippen molar-refractivity contribution in [2.45, 2.75) is 64.2 Å². The molecule has 27 heavy (non-hydrogen) atoms. The van der Waals surface area contributed by atoms with E-state index in [2.05, 4.69) is 10.2 Å². The molecule has 5 rings (SSSR count). The molecule has 0 aromatic carbocycles. The molecule has 0 radical (unpaired) electrons. The summed E-state index contributed by atoms with van der Waals surface area (Å²) in [5.41, 5.74) is 0.497. The molecule has 0 aromatic rings. The van der Waals surface area contributed by atoms with Crippen LogP contribution in [0.1, 0.15) is 64.2 Å². The summed E-state index contributed by atoms with van der Waals surface area (Å²) in [6, 6.07) is 0.0192. The zero-order chi connectivity index (χ0) is 18.7. The second kappa shape index (κ2) is 8.69. The number of nitrogens with one attached hydrogen (secondary N) is 1. The summed E-state index contributed by atoms with van der Waals surface area (Å²) in [4.78, 5) is 17.0. The summed E-state index contributed by atoms with van der Waals surface area (Å²) in [6.45, 7) is 5.33. The van der Waals surface area contributed by atoms with Gasteiger partial charge in [-0.3, -0.25) is 0 Å². The third-order valence-electron chi connectivity index (χ3n) is 7.89. The van der Waals surface area contributed by atoms with Gasteiger partial charge < -0.3 is 20.2 Å². The molecule has 5 fully saturated rings. The Kier molecular flexibility index (Phi) is 6.28. The number of piperidine rings is 1. The van der Waals surface area contributed by atoms with Crippen LogP contribution in [0.4, 0.5) is 4.79 Å². The summed E-state index contributed by atoms with van der Waals surface area (Å²) in [5.74, 6) is 2.88. The van der Waals surface area contributed by atoms with E-state index in [0.717, 1.165) is 43.8 Å². The normalized spacial score (nSPS) is 35.4.